The van der Waals surface area contributed by atoms with Gasteiger partial charge >= 0.3 is 0 Å². The lowest BCUT2D eigenvalue weighted by atomic mass is 9.87. The molecule has 4 heteroatoms. The zero-order valence-corrected chi connectivity index (χ0v) is 8.76. The number of nitrogens with zero attached hydrogens (tertiary/aromatic N) is 1. The van der Waals surface area contributed by atoms with E-state index >= 15 is 0 Å². The number of H-pyrrole nitrogens is 1. The van der Waals surface area contributed by atoms with E-state index in [-0.39, 0.29) is 5.56 Å². The number of aryl methyl sites for hydroxylation is 1. The Bertz CT molecular complexity index is 377. The lowest BCUT2D eigenvalue weighted by Crippen LogP contribution is -2.26. The molecular weight excluding hydrogens is 178 g/mol. The molecule has 0 spiro atoms. The van der Waals surface area contributed by atoms with Gasteiger partial charge in [-0.05, 0) is 38.8 Å². The molecule has 2 N–H and O–H groups in total. The molecule has 1 atom stereocenters. The number of aromatic nitrogens is 2. The van der Waals surface area contributed by atoms with E-state index in [1.165, 1.54) is 12.1 Å². The summed E-state index contributed by atoms with van der Waals surface area (Å²) in [5.41, 5.74) is 2.30. The van der Waals surface area contributed by atoms with E-state index in [1.807, 2.05) is 18.8 Å². The molecule has 1 unspecified atom stereocenters. The van der Waals surface area contributed by atoms with Crippen LogP contribution in [-0.4, -0.2) is 23.4 Å². The summed E-state index contributed by atoms with van der Waals surface area (Å²) in [6, 6.07) is 0. The van der Waals surface area contributed by atoms with Gasteiger partial charge in [0, 0.05) is 18.3 Å². The highest BCUT2D eigenvalue weighted by Gasteiger charge is 2.23. The van der Waals surface area contributed by atoms with E-state index in [4.69, 9.17) is 0 Å². The molecule has 1 aliphatic carbocycles. The Balaban J connectivity index is 2.25. The molecule has 2 rings (SSSR count). The predicted octanol–water partition coefficient (Wildman–Crippen LogP) is 0.0377. The van der Waals surface area contributed by atoms with Gasteiger partial charge < -0.3 is 5.32 Å². The summed E-state index contributed by atoms with van der Waals surface area (Å²) in [5, 5.41) is 6.00. The highest BCUT2D eigenvalue weighted by Crippen LogP contribution is 2.21. The number of nitrogens with one attached hydrogen (secondary N) is 2. The minimum absolute atomic E-state index is 0.100. The van der Waals surface area contributed by atoms with Crippen molar-refractivity contribution in [3.05, 3.63) is 21.6 Å². The van der Waals surface area contributed by atoms with Gasteiger partial charge in [-0.1, -0.05) is 0 Å². The van der Waals surface area contributed by atoms with Crippen molar-refractivity contribution >= 4 is 0 Å². The Morgan fingerprint density at radius 3 is 3.14 bits per heavy atom. The first-order valence-electron chi connectivity index (χ1n) is 5.13. The predicted molar refractivity (Wildman–Crippen MR) is 55.5 cm³/mol. The van der Waals surface area contributed by atoms with Crippen molar-refractivity contribution in [2.45, 2.75) is 19.3 Å². The molecule has 0 saturated heterocycles. The first-order valence-corrected chi connectivity index (χ1v) is 5.13. The summed E-state index contributed by atoms with van der Waals surface area (Å²) in [4.78, 5) is 11.5. The molecule has 1 heterocycles. The number of aromatic amines is 1. The summed E-state index contributed by atoms with van der Waals surface area (Å²) < 4.78 is 1.87. The van der Waals surface area contributed by atoms with Gasteiger partial charge in [-0.2, -0.15) is 0 Å². The van der Waals surface area contributed by atoms with Crippen molar-refractivity contribution < 1.29 is 0 Å². The first-order chi connectivity index (χ1) is 6.72. The molecule has 0 aromatic carbocycles. The van der Waals surface area contributed by atoms with Gasteiger partial charge in [0.15, 0.2) is 0 Å². The Morgan fingerprint density at radius 1 is 1.64 bits per heavy atom. The summed E-state index contributed by atoms with van der Waals surface area (Å²) in [5.74, 6) is 0.621. The quantitative estimate of drug-likeness (QED) is 0.700. The number of hydrogen-bond acceptors (Lipinski definition) is 2. The second-order valence-electron chi connectivity index (χ2n) is 4.09. The molecular formula is C10H17N3O. The molecule has 14 heavy (non-hydrogen) atoms. The maximum absolute atomic E-state index is 11.5. The summed E-state index contributed by atoms with van der Waals surface area (Å²) in [6.07, 6.45) is 3.13. The van der Waals surface area contributed by atoms with E-state index in [0.29, 0.717) is 5.92 Å². The molecule has 0 fully saturated rings. The molecule has 0 saturated carbocycles. The zero-order valence-electron chi connectivity index (χ0n) is 8.76. The zero-order chi connectivity index (χ0) is 10.1. The number of rotatable bonds is 2. The Labute approximate surface area is 83.3 Å². The molecule has 1 aromatic heterocycles. The van der Waals surface area contributed by atoms with Crippen molar-refractivity contribution in [2.75, 3.05) is 13.6 Å². The maximum atomic E-state index is 11.5. The Morgan fingerprint density at radius 2 is 2.43 bits per heavy atom. The normalized spacial score (nSPS) is 20.9. The minimum atomic E-state index is 0.100. The van der Waals surface area contributed by atoms with Crippen molar-refractivity contribution in [1.29, 1.82) is 0 Å². The fourth-order valence-corrected chi connectivity index (χ4v) is 2.34. The van der Waals surface area contributed by atoms with Gasteiger partial charge in [0.1, 0.15) is 0 Å². The van der Waals surface area contributed by atoms with Gasteiger partial charge in [-0.3, -0.25) is 14.6 Å². The fraction of sp³-hybridized carbons (Fsp3) is 0.700. The van der Waals surface area contributed by atoms with E-state index in [2.05, 4.69) is 10.4 Å². The van der Waals surface area contributed by atoms with Crippen LogP contribution >= 0.6 is 0 Å². The van der Waals surface area contributed by atoms with E-state index in [1.54, 1.807) is 0 Å². The fourth-order valence-electron chi connectivity index (χ4n) is 2.34. The average molecular weight is 195 g/mol. The summed E-state index contributed by atoms with van der Waals surface area (Å²) >= 11 is 0. The highest BCUT2D eigenvalue weighted by molar-refractivity contribution is 5.21. The summed E-state index contributed by atoms with van der Waals surface area (Å²) in [7, 11) is 3.88. The van der Waals surface area contributed by atoms with Crippen LogP contribution in [-0.2, 0) is 19.9 Å². The standard InChI is InChI=1S/C10H17N3O/c1-11-6-7-3-4-9-8(5-7)10(14)12-13(9)2/h7,11H,3-6H2,1-2H3,(H,12,14). The summed E-state index contributed by atoms with van der Waals surface area (Å²) in [6.45, 7) is 1.01. The topological polar surface area (TPSA) is 49.8 Å². The van der Waals surface area contributed by atoms with Gasteiger partial charge in [-0.25, -0.2) is 0 Å². The molecule has 1 aliphatic rings. The maximum Gasteiger partial charge on any atom is 0.267 e. The SMILES string of the molecule is CNCC1CCc2c(c(=O)[nH]n2C)C1. The number of hydrogen-bond donors (Lipinski definition) is 2. The Hall–Kier alpha value is -1.03. The largest absolute Gasteiger partial charge is 0.319 e. The number of fused-ring (bicyclic) bond motifs is 1. The van der Waals surface area contributed by atoms with Crippen LogP contribution in [0.4, 0.5) is 0 Å². The van der Waals surface area contributed by atoms with Crippen LogP contribution in [0, 0.1) is 5.92 Å². The van der Waals surface area contributed by atoms with Crippen LogP contribution < -0.4 is 10.9 Å². The molecule has 0 bridgehead atoms. The first kappa shape index (κ1) is 9.52. The van der Waals surface area contributed by atoms with E-state index in [9.17, 15) is 4.79 Å². The van der Waals surface area contributed by atoms with Crippen LogP contribution in [0.2, 0.25) is 0 Å². The van der Waals surface area contributed by atoms with Crippen LogP contribution in [0.25, 0.3) is 0 Å². The molecule has 1 aromatic rings. The second kappa shape index (κ2) is 3.61. The third kappa shape index (κ3) is 1.50. The van der Waals surface area contributed by atoms with E-state index < -0.39 is 0 Å². The van der Waals surface area contributed by atoms with Crippen LogP contribution in [0.1, 0.15) is 17.7 Å². The molecule has 78 valence electrons. The van der Waals surface area contributed by atoms with Gasteiger partial charge in [-0.15, -0.1) is 0 Å². The van der Waals surface area contributed by atoms with Crippen molar-refractivity contribution in [3.8, 4) is 0 Å². The van der Waals surface area contributed by atoms with Gasteiger partial charge in [0.2, 0.25) is 0 Å². The van der Waals surface area contributed by atoms with Gasteiger partial charge in [0.05, 0.1) is 0 Å². The minimum Gasteiger partial charge on any atom is -0.319 e. The van der Waals surface area contributed by atoms with Gasteiger partial charge in [0.25, 0.3) is 5.56 Å². The van der Waals surface area contributed by atoms with Crippen molar-refractivity contribution in [3.63, 3.8) is 0 Å². The van der Waals surface area contributed by atoms with Crippen LogP contribution in [0.15, 0.2) is 4.79 Å². The van der Waals surface area contributed by atoms with E-state index in [0.717, 1.165) is 24.9 Å². The molecule has 4 nitrogen and oxygen atoms in total. The molecule has 0 radical (unpaired) electrons. The van der Waals surface area contributed by atoms with Crippen molar-refractivity contribution in [2.24, 2.45) is 13.0 Å². The third-order valence-electron chi connectivity index (χ3n) is 3.07. The van der Waals surface area contributed by atoms with Crippen molar-refractivity contribution in [1.82, 2.24) is 15.1 Å². The lowest BCUT2D eigenvalue weighted by Gasteiger charge is -2.21. The smallest absolute Gasteiger partial charge is 0.267 e. The second-order valence-corrected chi connectivity index (χ2v) is 4.09. The lowest BCUT2D eigenvalue weighted by molar-refractivity contribution is 0.431. The Kier molecular flexibility index (Phi) is 2.46. The highest BCUT2D eigenvalue weighted by atomic mass is 16.1. The third-order valence-corrected chi connectivity index (χ3v) is 3.07. The molecule has 0 amide bonds. The average Bonchev–Trinajstić information content (AvgIpc) is 2.43. The monoisotopic (exact) mass is 195 g/mol. The molecule has 0 aliphatic heterocycles. The van der Waals surface area contributed by atoms with Crippen LogP contribution in [0.5, 0.6) is 0 Å². The van der Waals surface area contributed by atoms with Crippen LogP contribution in [0.3, 0.4) is 0 Å².